The van der Waals surface area contributed by atoms with Crippen LogP contribution in [-0.2, 0) is 0 Å². The van der Waals surface area contributed by atoms with Gasteiger partial charge in [0, 0.05) is 26.2 Å². The number of para-hydroxylation sites is 1. The molecule has 0 spiro atoms. The number of aromatic nitrogens is 5. The monoisotopic (exact) mass is 437 g/mol. The SMILES string of the molecule is O=C(c1c(F)cccc1Cl)N1CCN(c2ncnc3c2nnn3-c2ccccc2)CC1. The van der Waals surface area contributed by atoms with Crippen LogP contribution in [0.4, 0.5) is 10.2 Å². The van der Waals surface area contributed by atoms with E-state index in [9.17, 15) is 9.18 Å². The number of benzene rings is 2. The summed E-state index contributed by atoms with van der Waals surface area (Å²) in [6.45, 7) is 1.84. The Morgan fingerprint density at radius 2 is 1.74 bits per heavy atom. The van der Waals surface area contributed by atoms with E-state index in [1.807, 2.05) is 35.2 Å². The second kappa shape index (κ2) is 7.92. The molecular formula is C21H17ClFN7O. The molecule has 0 atom stereocenters. The Hall–Kier alpha value is -3.59. The van der Waals surface area contributed by atoms with Crippen LogP contribution >= 0.6 is 11.6 Å². The minimum absolute atomic E-state index is 0.0900. The van der Waals surface area contributed by atoms with Crippen LogP contribution in [0.5, 0.6) is 0 Å². The Kier molecular flexibility index (Phi) is 4.95. The van der Waals surface area contributed by atoms with Gasteiger partial charge in [-0.15, -0.1) is 5.10 Å². The Morgan fingerprint density at radius 1 is 0.968 bits per heavy atom. The number of hydrogen-bond acceptors (Lipinski definition) is 6. The van der Waals surface area contributed by atoms with E-state index in [1.165, 1.54) is 24.5 Å². The van der Waals surface area contributed by atoms with Crippen molar-refractivity contribution in [2.75, 3.05) is 31.1 Å². The average molecular weight is 438 g/mol. The average Bonchev–Trinajstić information content (AvgIpc) is 3.24. The van der Waals surface area contributed by atoms with Gasteiger partial charge in [0.25, 0.3) is 5.91 Å². The lowest BCUT2D eigenvalue weighted by molar-refractivity contribution is 0.0742. The van der Waals surface area contributed by atoms with Gasteiger partial charge in [-0.2, -0.15) is 4.68 Å². The molecule has 3 heterocycles. The van der Waals surface area contributed by atoms with E-state index in [1.54, 1.807) is 9.58 Å². The van der Waals surface area contributed by atoms with Crippen molar-refractivity contribution in [3.63, 3.8) is 0 Å². The summed E-state index contributed by atoms with van der Waals surface area (Å²) in [6.07, 6.45) is 1.48. The maximum Gasteiger partial charge on any atom is 0.258 e. The van der Waals surface area contributed by atoms with Crippen LogP contribution in [0.1, 0.15) is 10.4 Å². The molecular weight excluding hydrogens is 421 g/mol. The van der Waals surface area contributed by atoms with E-state index in [0.717, 1.165) is 5.69 Å². The number of fused-ring (bicyclic) bond motifs is 1. The van der Waals surface area contributed by atoms with E-state index in [2.05, 4.69) is 20.3 Å². The third kappa shape index (κ3) is 3.46. The maximum absolute atomic E-state index is 14.1. The molecule has 0 radical (unpaired) electrons. The van der Waals surface area contributed by atoms with Gasteiger partial charge in [-0.1, -0.05) is 41.1 Å². The molecule has 10 heteroatoms. The highest BCUT2D eigenvalue weighted by Gasteiger charge is 2.28. The first-order chi connectivity index (χ1) is 15.1. The fourth-order valence-corrected chi connectivity index (χ4v) is 3.94. The van der Waals surface area contributed by atoms with Crippen LogP contribution in [0, 0.1) is 5.82 Å². The summed E-state index contributed by atoms with van der Waals surface area (Å²) in [5.74, 6) is -0.372. The quantitative estimate of drug-likeness (QED) is 0.490. The predicted octanol–water partition coefficient (Wildman–Crippen LogP) is 2.97. The first kappa shape index (κ1) is 19.4. The van der Waals surface area contributed by atoms with E-state index < -0.39 is 11.7 Å². The van der Waals surface area contributed by atoms with E-state index >= 15 is 0 Å². The number of amides is 1. The van der Waals surface area contributed by atoms with Crippen molar-refractivity contribution in [2.24, 2.45) is 0 Å². The molecule has 1 aliphatic rings. The molecule has 156 valence electrons. The molecule has 8 nitrogen and oxygen atoms in total. The summed E-state index contributed by atoms with van der Waals surface area (Å²) in [4.78, 5) is 25.2. The summed E-state index contributed by atoms with van der Waals surface area (Å²) in [5, 5.41) is 8.65. The fraction of sp³-hybridized carbons (Fsp3) is 0.190. The molecule has 1 fully saturated rings. The molecule has 4 aromatic rings. The minimum atomic E-state index is -0.616. The number of halogens is 2. The molecule has 0 saturated carbocycles. The zero-order valence-corrected chi connectivity index (χ0v) is 17.1. The largest absolute Gasteiger partial charge is 0.351 e. The lowest BCUT2D eigenvalue weighted by Crippen LogP contribution is -2.49. The molecule has 0 N–H and O–H groups in total. The summed E-state index contributed by atoms with van der Waals surface area (Å²) < 4.78 is 15.8. The van der Waals surface area contributed by atoms with Gasteiger partial charge >= 0.3 is 0 Å². The lowest BCUT2D eigenvalue weighted by atomic mass is 10.1. The summed E-state index contributed by atoms with van der Waals surface area (Å²) in [5.41, 5.74) is 1.95. The second-order valence-electron chi connectivity index (χ2n) is 7.08. The fourth-order valence-electron chi connectivity index (χ4n) is 3.69. The van der Waals surface area contributed by atoms with Gasteiger partial charge in [0.05, 0.1) is 16.3 Å². The van der Waals surface area contributed by atoms with Crippen molar-refractivity contribution >= 4 is 34.5 Å². The maximum atomic E-state index is 14.1. The van der Waals surface area contributed by atoms with Gasteiger partial charge in [-0.05, 0) is 24.3 Å². The number of nitrogens with zero attached hydrogens (tertiary/aromatic N) is 7. The molecule has 1 saturated heterocycles. The van der Waals surface area contributed by atoms with Crippen molar-refractivity contribution in [1.29, 1.82) is 0 Å². The molecule has 0 bridgehead atoms. The van der Waals surface area contributed by atoms with Crippen LogP contribution < -0.4 is 4.90 Å². The predicted molar refractivity (Wildman–Crippen MR) is 114 cm³/mol. The number of carbonyl (C=O) groups is 1. The third-order valence-corrected chi connectivity index (χ3v) is 5.58. The van der Waals surface area contributed by atoms with E-state index in [0.29, 0.717) is 43.2 Å². The smallest absolute Gasteiger partial charge is 0.258 e. The second-order valence-corrected chi connectivity index (χ2v) is 7.49. The molecule has 1 amide bonds. The summed E-state index contributed by atoms with van der Waals surface area (Å²) >= 11 is 6.05. The van der Waals surface area contributed by atoms with E-state index in [4.69, 9.17) is 11.6 Å². The van der Waals surface area contributed by atoms with Crippen molar-refractivity contribution in [3.8, 4) is 5.69 Å². The number of piperazine rings is 1. The Labute approximate surface area is 181 Å². The van der Waals surface area contributed by atoms with Crippen molar-refractivity contribution in [3.05, 3.63) is 71.3 Å². The van der Waals surface area contributed by atoms with Gasteiger partial charge in [0.1, 0.15) is 12.1 Å². The molecule has 0 aliphatic carbocycles. The normalized spacial score (nSPS) is 14.3. The van der Waals surface area contributed by atoms with Crippen molar-refractivity contribution in [1.82, 2.24) is 29.9 Å². The Bertz CT molecular complexity index is 1240. The molecule has 31 heavy (non-hydrogen) atoms. The third-order valence-electron chi connectivity index (χ3n) is 5.26. The number of hydrogen-bond donors (Lipinski definition) is 0. The van der Waals surface area contributed by atoms with Crippen LogP contribution in [0.3, 0.4) is 0 Å². The highest BCUT2D eigenvalue weighted by atomic mass is 35.5. The first-order valence-corrected chi connectivity index (χ1v) is 10.1. The Morgan fingerprint density at radius 3 is 2.48 bits per heavy atom. The standard InChI is InChI=1S/C21H17ClFN7O/c22-15-7-4-8-16(23)17(15)21(31)29-11-9-28(10-12-29)19-18-20(25-13-24-19)30(27-26-18)14-5-2-1-3-6-14/h1-8,13H,9-12H2. The summed E-state index contributed by atoms with van der Waals surface area (Å²) in [7, 11) is 0. The first-order valence-electron chi connectivity index (χ1n) is 9.73. The molecule has 2 aromatic heterocycles. The summed E-state index contributed by atoms with van der Waals surface area (Å²) in [6, 6.07) is 13.9. The number of carbonyl (C=O) groups excluding carboxylic acids is 1. The number of anilines is 1. The van der Waals surface area contributed by atoms with Crippen LogP contribution in [0.25, 0.3) is 16.9 Å². The van der Waals surface area contributed by atoms with Gasteiger partial charge in [-0.25, -0.2) is 14.4 Å². The molecule has 2 aromatic carbocycles. The highest BCUT2D eigenvalue weighted by Crippen LogP contribution is 2.25. The van der Waals surface area contributed by atoms with Crippen LogP contribution in [0.2, 0.25) is 5.02 Å². The lowest BCUT2D eigenvalue weighted by Gasteiger charge is -2.35. The highest BCUT2D eigenvalue weighted by molar-refractivity contribution is 6.33. The van der Waals surface area contributed by atoms with Crippen molar-refractivity contribution < 1.29 is 9.18 Å². The van der Waals surface area contributed by atoms with Crippen molar-refractivity contribution in [2.45, 2.75) is 0 Å². The molecule has 5 rings (SSSR count). The van der Waals surface area contributed by atoms with Gasteiger partial charge in [0.15, 0.2) is 17.0 Å². The number of rotatable bonds is 3. The van der Waals surface area contributed by atoms with Crippen LogP contribution in [0.15, 0.2) is 54.9 Å². The molecule has 1 aliphatic heterocycles. The zero-order chi connectivity index (χ0) is 21.4. The Balaban J connectivity index is 1.38. The van der Waals surface area contributed by atoms with Crippen LogP contribution in [-0.4, -0.2) is 61.9 Å². The minimum Gasteiger partial charge on any atom is -0.351 e. The zero-order valence-electron chi connectivity index (χ0n) is 16.3. The topological polar surface area (TPSA) is 80.0 Å². The van der Waals surface area contributed by atoms with E-state index in [-0.39, 0.29) is 10.6 Å². The van der Waals surface area contributed by atoms with Gasteiger partial charge in [-0.3, -0.25) is 4.79 Å². The molecule has 0 unspecified atom stereocenters. The van der Waals surface area contributed by atoms with Gasteiger partial charge in [0.2, 0.25) is 0 Å². The van der Waals surface area contributed by atoms with Gasteiger partial charge < -0.3 is 9.80 Å².